The molecule has 18 nitrogen and oxygen atoms in total. The molecule has 1 aliphatic carbocycles. The number of benzene rings is 5. The highest BCUT2D eigenvalue weighted by Gasteiger charge is 2.44. The molecule has 4 aliphatic rings. The second kappa shape index (κ2) is 22.0. The van der Waals surface area contributed by atoms with Crippen LogP contribution in [0.25, 0.3) is 55.3 Å². The van der Waals surface area contributed by atoms with E-state index in [1.807, 2.05) is 99.6 Å². The van der Waals surface area contributed by atoms with E-state index in [0.29, 0.717) is 45.2 Å². The number of anilines is 1. The number of piperazine rings is 1. The van der Waals surface area contributed by atoms with Gasteiger partial charge in [0.15, 0.2) is 5.75 Å². The van der Waals surface area contributed by atoms with Crippen molar-refractivity contribution in [2.45, 2.75) is 108 Å². The Hall–Kier alpha value is -7.84. The molecule has 1 saturated carbocycles. The van der Waals surface area contributed by atoms with Gasteiger partial charge in [-0.05, 0) is 90.5 Å². The van der Waals surface area contributed by atoms with E-state index >= 15 is 4.39 Å². The number of β-amino-alcohol motifs (C(OH)–C–C–N with tert-alkyl or cyclic N) is 1. The van der Waals surface area contributed by atoms with E-state index in [1.165, 1.54) is 15.6 Å². The Kier molecular flexibility index (Phi) is 14.5. The van der Waals surface area contributed by atoms with Crippen LogP contribution in [-0.2, 0) is 20.9 Å². The molecule has 5 aromatic carbocycles. The molecule has 5 N–H and O–H groups in total. The topological polar surface area (TPSA) is 218 Å². The first-order chi connectivity index (χ1) is 38.8. The summed E-state index contributed by atoms with van der Waals surface area (Å²) in [6.45, 7) is 9.12. The van der Waals surface area contributed by atoms with Crippen LogP contribution in [0.15, 0.2) is 103 Å². The number of H-pyrrole nitrogens is 1. The number of rotatable bonds is 19. The fraction of sp³-hybridized carbons (Fsp3) is 0.393. The Morgan fingerprint density at radius 1 is 0.900 bits per heavy atom. The number of halogens is 1. The molecular weight excluding hydrogens is 1020 g/mol. The Labute approximate surface area is 462 Å². The van der Waals surface area contributed by atoms with Gasteiger partial charge in [0.25, 0.3) is 0 Å². The summed E-state index contributed by atoms with van der Waals surface area (Å²) in [5.41, 5.74) is 8.98. The lowest BCUT2D eigenvalue weighted by Crippen LogP contribution is -2.50. The smallest absolute Gasteiger partial charge is 0.319 e. The quantitative estimate of drug-likeness (QED) is 0.0519. The average Bonchev–Trinajstić information content (AvgIpc) is 3.64. The van der Waals surface area contributed by atoms with Gasteiger partial charge < -0.3 is 44.9 Å². The maximum absolute atomic E-state index is 16.1. The molecule has 2 bridgehead atoms. The third-order valence-corrected chi connectivity index (χ3v) is 16.4. The lowest BCUT2D eigenvalue weighted by molar-refractivity contribution is -0.142. The second-order valence-corrected chi connectivity index (χ2v) is 22.3. The number of hydrogen-bond donors (Lipinski definition) is 5. The molecule has 0 spiro atoms. The number of hydrogen-bond acceptors (Lipinski definition) is 14. The highest BCUT2D eigenvalue weighted by atomic mass is 19.1. The van der Waals surface area contributed by atoms with Gasteiger partial charge in [-0.3, -0.25) is 14.7 Å². The predicted molar refractivity (Wildman–Crippen MR) is 300 cm³/mol. The zero-order chi connectivity index (χ0) is 55.3. The summed E-state index contributed by atoms with van der Waals surface area (Å²) >= 11 is 0. The van der Waals surface area contributed by atoms with Crippen LogP contribution in [0.1, 0.15) is 86.7 Å². The normalized spacial score (nSPS) is 20.0. The number of amides is 2. The fourth-order valence-corrected chi connectivity index (χ4v) is 11.9. The molecule has 8 aromatic rings. The van der Waals surface area contributed by atoms with Crippen molar-refractivity contribution in [3.63, 3.8) is 0 Å². The summed E-state index contributed by atoms with van der Waals surface area (Å²) in [6, 6.07) is 27.2. The van der Waals surface area contributed by atoms with Crippen LogP contribution < -0.4 is 25.0 Å². The number of nitrogens with zero attached hydrogens (tertiary/aromatic N) is 8. The Morgan fingerprint density at radius 2 is 1.66 bits per heavy atom. The van der Waals surface area contributed by atoms with Crippen LogP contribution in [0, 0.1) is 18.7 Å². The van der Waals surface area contributed by atoms with Gasteiger partial charge in [-0.15, -0.1) is 5.10 Å². The minimum Gasteiger partial charge on any atom is -0.486 e. The molecule has 3 aliphatic heterocycles. The number of carbonyl (C=O) groups is 2. The van der Waals surface area contributed by atoms with Crippen molar-refractivity contribution < 1.29 is 38.4 Å². The summed E-state index contributed by atoms with van der Waals surface area (Å²) in [7, 11) is 1.64. The zero-order valence-corrected chi connectivity index (χ0v) is 45.5. The van der Waals surface area contributed by atoms with E-state index < -0.39 is 30.1 Å². The average molecular weight is 1080 g/mol. The summed E-state index contributed by atoms with van der Waals surface area (Å²) in [6.07, 6.45) is 5.33. The highest BCUT2D eigenvalue weighted by molar-refractivity contribution is 6.06. The second-order valence-electron chi connectivity index (χ2n) is 22.3. The SMILES string of the molecule is CO[C@@H](C)COc1nc(N2C[C@@H]3C[C@H]2CN3)c2cc(C3CC3)c(-c3c(C)c(F)cc4[nH]ncc34)c(OCc3ccc(-c4cn([C@H](C(=O)N5C[C@H](O)C[C@H]5C(=O)N[C@@H](CO)c5ccc(-c6ccccc6)cc5)C(C)C)nn4)cc3)c2n1. The molecule has 3 saturated heterocycles. The Balaban J connectivity index is 0.823. The van der Waals surface area contributed by atoms with E-state index in [-0.39, 0.29) is 74.5 Å². The van der Waals surface area contributed by atoms with E-state index in [0.717, 1.165) is 82.3 Å². The number of aromatic nitrogens is 7. The maximum Gasteiger partial charge on any atom is 0.319 e. The Bertz CT molecular complexity index is 3570. The van der Waals surface area contributed by atoms with Crippen LogP contribution in [0.2, 0.25) is 0 Å². The largest absolute Gasteiger partial charge is 0.486 e. The molecule has 0 radical (unpaired) electrons. The molecule has 80 heavy (non-hydrogen) atoms. The molecule has 4 fully saturated rings. The van der Waals surface area contributed by atoms with Crippen molar-refractivity contribution in [3.8, 4) is 45.3 Å². The van der Waals surface area contributed by atoms with Gasteiger partial charge in [0.05, 0.1) is 42.8 Å². The molecule has 7 atom stereocenters. The molecule has 414 valence electrons. The van der Waals surface area contributed by atoms with Crippen LogP contribution in [0.3, 0.4) is 0 Å². The van der Waals surface area contributed by atoms with Crippen molar-refractivity contribution in [3.05, 3.63) is 131 Å². The van der Waals surface area contributed by atoms with Crippen LogP contribution in [-0.4, -0.2) is 132 Å². The summed E-state index contributed by atoms with van der Waals surface area (Å²) in [4.78, 5) is 42.6. The van der Waals surface area contributed by atoms with Gasteiger partial charge in [0.2, 0.25) is 11.8 Å². The number of carbonyl (C=O) groups excluding carboxylic acids is 2. The van der Waals surface area contributed by atoms with Crippen molar-refractivity contribution in [1.29, 1.82) is 0 Å². The van der Waals surface area contributed by atoms with Crippen molar-refractivity contribution in [2.75, 3.05) is 44.9 Å². The van der Waals surface area contributed by atoms with Gasteiger partial charge in [-0.25, -0.2) is 9.07 Å². The highest BCUT2D eigenvalue weighted by Crippen LogP contribution is 2.53. The number of methoxy groups -OCH3 is 1. The van der Waals surface area contributed by atoms with E-state index in [2.05, 4.69) is 42.1 Å². The van der Waals surface area contributed by atoms with Gasteiger partial charge in [0, 0.05) is 72.7 Å². The molecule has 2 amide bonds. The number of aromatic amines is 1. The molecule has 3 aromatic heterocycles. The van der Waals surface area contributed by atoms with E-state index in [4.69, 9.17) is 24.2 Å². The van der Waals surface area contributed by atoms with Gasteiger partial charge >= 0.3 is 6.01 Å². The van der Waals surface area contributed by atoms with Crippen LogP contribution in [0.4, 0.5) is 10.2 Å². The fourth-order valence-electron chi connectivity index (χ4n) is 11.9. The minimum absolute atomic E-state index is 0.0355. The summed E-state index contributed by atoms with van der Waals surface area (Å²) in [5.74, 6) is 0.0125. The summed E-state index contributed by atoms with van der Waals surface area (Å²) < 4.78 is 36.6. The molecule has 19 heteroatoms. The summed E-state index contributed by atoms with van der Waals surface area (Å²) in [5, 5.41) is 45.8. The number of aliphatic hydroxyl groups is 2. The zero-order valence-electron chi connectivity index (χ0n) is 45.5. The predicted octanol–water partition coefficient (Wildman–Crippen LogP) is 7.98. The monoisotopic (exact) mass is 1080 g/mol. The molecular formula is C61H66FN11O7. The molecule has 6 heterocycles. The number of ether oxygens (including phenoxy) is 3. The molecule has 0 unspecified atom stereocenters. The first-order valence-corrected chi connectivity index (χ1v) is 27.7. The van der Waals surface area contributed by atoms with Crippen molar-refractivity contribution in [2.24, 2.45) is 5.92 Å². The van der Waals surface area contributed by atoms with Crippen molar-refractivity contribution in [1.82, 2.24) is 50.7 Å². The van der Waals surface area contributed by atoms with Gasteiger partial charge in [-0.2, -0.15) is 15.1 Å². The number of nitrogens with one attached hydrogen (secondary N) is 3. The first kappa shape index (κ1) is 52.8. The lowest BCUT2D eigenvalue weighted by atomic mass is 9.88. The first-order valence-electron chi connectivity index (χ1n) is 27.7. The third-order valence-electron chi connectivity index (χ3n) is 16.4. The van der Waals surface area contributed by atoms with E-state index in [9.17, 15) is 19.8 Å². The number of aliphatic hydroxyl groups excluding tert-OH is 2. The van der Waals surface area contributed by atoms with E-state index in [1.54, 1.807) is 26.4 Å². The third kappa shape index (κ3) is 10.2. The molecule has 12 rings (SSSR count). The minimum atomic E-state index is -0.976. The number of fused-ring (bicyclic) bond motifs is 4. The van der Waals surface area contributed by atoms with Crippen LogP contribution in [0.5, 0.6) is 11.8 Å². The van der Waals surface area contributed by atoms with Crippen LogP contribution >= 0.6 is 0 Å². The van der Waals surface area contributed by atoms with Gasteiger partial charge in [-0.1, -0.05) is 97.9 Å². The Morgan fingerprint density at radius 3 is 2.36 bits per heavy atom. The maximum atomic E-state index is 16.1. The lowest BCUT2D eigenvalue weighted by Gasteiger charge is -2.30. The van der Waals surface area contributed by atoms with Crippen molar-refractivity contribution >= 4 is 39.4 Å². The van der Waals surface area contributed by atoms with Gasteiger partial charge in [0.1, 0.15) is 48.1 Å². The number of likely N-dealkylation sites (tertiary alicyclic amines) is 1. The standard InChI is InChI=1S/C61H66FN11O7/c1-33(2)56(60(77)72-28-44(75)22-52(72)59(76)65-51(30-74)41-19-15-38(16-20-41)37-9-7-6-8-10-37)73-29-50(69-70-73)40-13-11-36(12-14-40)32-79-57-54(53-35(4)48(62)24-49-47(53)26-64-68-49)45(39-17-18-39)23-46-55(57)66-61(80-31-34(3)78-5)67-58(46)71-27-42-21-43(71)25-63-42/h6-16,19-20,23-24,26,29,33-34,39,42-44,51-52,56,63,74-75H,17-18,21-22,25,27-28,30-32H2,1-5H3,(H,64,68)(H,65,76)/t34-,42-,43-,44+,51-,52-,56-/m0/s1.